The smallest absolute Gasteiger partial charge is 0.119 e. The molecular formula is C23H28N2O. The second kappa shape index (κ2) is 9.81. The van der Waals surface area contributed by atoms with Crippen molar-refractivity contribution in [1.82, 2.24) is 4.98 Å². The molecule has 26 heavy (non-hydrogen) atoms. The summed E-state index contributed by atoms with van der Waals surface area (Å²) in [4.78, 5) is 4.49. The van der Waals surface area contributed by atoms with E-state index in [0.29, 0.717) is 0 Å². The van der Waals surface area contributed by atoms with Crippen molar-refractivity contribution in [2.24, 2.45) is 0 Å². The number of aromatic nitrogens is 1. The molecule has 0 atom stereocenters. The van der Waals surface area contributed by atoms with Crippen LogP contribution in [0.5, 0.6) is 5.75 Å². The Morgan fingerprint density at radius 1 is 0.885 bits per heavy atom. The summed E-state index contributed by atoms with van der Waals surface area (Å²) in [6.45, 7) is 3.82. The van der Waals surface area contributed by atoms with Gasteiger partial charge in [-0.3, -0.25) is 4.98 Å². The lowest BCUT2D eigenvalue weighted by Gasteiger charge is -2.10. The lowest BCUT2D eigenvalue weighted by Crippen LogP contribution is -2.01. The van der Waals surface area contributed by atoms with E-state index in [9.17, 15) is 0 Å². The first kappa shape index (κ1) is 18.2. The van der Waals surface area contributed by atoms with Crippen LogP contribution in [0.1, 0.15) is 44.6 Å². The normalized spacial score (nSPS) is 10.8. The summed E-state index contributed by atoms with van der Waals surface area (Å²) < 4.78 is 5.83. The van der Waals surface area contributed by atoms with E-state index < -0.39 is 0 Å². The summed E-state index contributed by atoms with van der Waals surface area (Å²) in [5.41, 5.74) is 3.31. The first-order chi connectivity index (χ1) is 12.9. The third-order valence-corrected chi connectivity index (χ3v) is 4.56. The molecule has 3 heteroatoms. The summed E-state index contributed by atoms with van der Waals surface area (Å²) in [7, 11) is 0. The number of anilines is 1. The highest BCUT2D eigenvalue weighted by molar-refractivity contribution is 5.90. The summed E-state index contributed by atoms with van der Waals surface area (Å²) in [6.07, 6.45) is 8.15. The zero-order valence-corrected chi connectivity index (χ0v) is 15.6. The van der Waals surface area contributed by atoms with Gasteiger partial charge in [0.05, 0.1) is 17.8 Å². The van der Waals surface area contributed by atoms with Crippen molar-refractivity contribution in [2.45, 2.75) is 45.6 Å². The first-order valence-corrected chi connectivity index (χ1v) is 9.66. The largest absolute Gasteiger partial charge is 0.494 e. The number of rotatable bonds is 10. The minimum Gasteiger partial charge on any atom is -0.494 e. The standard InChI is InChI=1S/C23H28N2O/c1-2-3-4-5-6-17-26-21-14-12-19(13-15-21)18-25-22-11-7-9-20-10-8-16-24-23(20)22/h7-16,25H,2-6,17-18H2,1H3. The Balaban J connectivity index is 1.48. The molecule has 0 saturated carbocycles. The minimum absolute atomic E-state index is 0.771. The number of para-hydroxylation sites is 1. The molecule has 1 N–H and O–H groups in total. The van der Waals surface area contributed by atoms with E-state index in [2.05, 4.69) is 65.8 Å². The fourth-order valence-corrected chi connectivity index (χ4v) is 3.04. The average molecular weight is 348 g/mol. The third-order valence-electron chi connectivity index (χ3n) is 4.56. The van der Waals surface area contributed by atoms with E-state index in [0.717, 1.165) is 41.9 Å². The van der Waals surface area contributed by atoms with Gasteiger partial charge in [-0.05, 0) is 36.2 Å². The second-order valence-corrected chi connectivity index (χ2v) is 6.64. The molecule has 0 unspecified atom stereocenters. The van der Waals surface area contributed by atoms with E-state index in [-0.39, 0.29) is 0 Å². The highest BCUT2D eigenvalue weighted by atomic mass is 16.5. The fraction of sp³-hybridized carbons (Fsp3) is 0.348. The molecule has 0 radical (unpaired) electrons. The Morgan fingerprint density at radius 2 is 1.69 bits per heavy atom. The summed E-state index contributed by atoms with van der Waals surface area (Å²) in [5, 5.41) is 4.64. The van der Waals surface area contributed by atoms with E-state index in [4.69, 9.17) is 4.74 Å². The Kier molecular flexibility index (Phi) is 6.88. The Hall–Kier alpha value is -2.55. The molecule has 0 aliphatic heterocycles. The number of hydrogen-bond acceptors (Lipinski definition) is 3. The van der Waals surface area contributed by atoms with Crippen LogP contribution in [0.2, 0.25) is 0 Å². The number of hydrogen-bond donors (Lipinski definition) is 1. The topological polar surface area (TPSA) is 34.1 Å². The van der Waals surface area contributed by atoms with Crippen LogP contribution in [-0.4, -0.2) is 11.6 Å². The van der Waals surface area contributed by atoms with E-state index in [1.165, 1.54) is 31.2 Å². The van der Waals surface area contributed by atoms with Gasteiger partial charge in [0, 0.05) is 18.1 Å². The van der Waals surface area contributed by atoms with Crippen molar-refractivity contribution >= 4 is 16.6 Å². The maximum Gasteiger partial charge on any atom is 0.119 e. The van der Waals surface area contributed by atoms with Gasteiger partial charge in [0.1, 0.15) is 5.75 Å². The highest BCUT2D eigenvalue weighted by Crippen LogP contribution is 2.21. The molecule has 0 bridgehead atoms. The van der Waals surface area contributed by atoms with Crippen LogP contribution in [-0.2, 0) is 6.54 Å². The number of ether oxygens (including phenoxy) is 1. The van der Waals surface area contributed by atoms with Gasteiger partial charge in [-0.25, -0.2) is 0 Å². The fourth-order valence-electron chi connectivity index (χ4n) is 3.04. The molecule has 3 nitrogen and oxygen atoms in total. The van der Waals surface area contributed by atoms with Crippen molar-refractivity contribution in [2.75, 3.05) is 11.9 Å². The molecule has 0 spiro atoms. The van der Waals surface area contributed by atoms with E-state index in [1.807, 2.05) is 12.3 Å². The molecule has 0 aliphatic carbocycles. The molecule has 0 saturated heterocycles. The van der Waals surface area contributed by atoms with Gasteiger partial charge >= 0.3 is 0 Å². The average Bonchev–Trinajstić information content (AvgIpc) is 2.70. The van der Waals surface area contributed by atoms with Crippen LogP contribution in [0.15, 0.2) is 60.8 Å². The number of nitrogens with one attached hydrogen (secondary N) is 1. The van der Waals surface area contributed by atoms with Crippen LogP contribution in [0.25, 0.3) is 10.9 Å². The maximum absolute atomic E-state index is 5.83. The van der Waals surface area contributed by atoms with Gasteiger partial charge in [0.25, 0.3) is 0 Å². The lowest BCUT2D eigenvalue weighted by molar-refractivity contribution is 0.304. The van der Waals surface area contributed by atoms with Crippen LogP contribution in [0, 0.1) is 0 Å². The molecule has 0 aliphatic rings. The summed E-state index contributed by atoms with van der Waals surface area (Å²) in [5.74, 6) is 0.955. The van der Waals surface area contributed by atoms with Crippen molar-refractivity contribution < 1.29 is 4.74 Å². The third kappa shape index (κ3) is 5.22. The Labute approximate surface area is 156 Å². The number of nitrogens with zero attached hydrogens (tertiary/aromatic N) is 1. The van der Waals surface area contributed by atoms with Crippen LogP contribution in [0.4, 0.5) is 5.69 Å². The molecule has 1 heterocycles. The minimum atomic E-state index is 0.771. The molecule has 3 rings (SSSR count). The second-order valence-electron chi connectivity index (χ2n) is 6.64. The van der Waals surface area contributed by atoms with Gasteiger partial charge in [-0.2, -0.15) is 0 Å². The molecule has 3 aromatic rings. The highest BCUT2D eigenvalue weighted by Gasteiger charge is 2.02. The Morgan fingerprint density at radius 3 is 2.54 bits per heavy atom. The van der Waals surface area contributed by atoms with E-state index >= 15 is 0 Å². The molecule has 0 fully saturated rings. The Bertz CT molecular complexity index is 793. The molecule has 1 aromatic heterocycles. The van der Waals surface area contributed by atoms with Gasteiger partial charge in [0.2, 0.25) is 0 Å². The molecule has 0 amide bonds. The van der Waals surface area contributed by atoms with Crippen LogP contribution in [0.3, 0.4) is 0 Å². The number of fused-ring (bicyclic) bond motifs is 1. The maximum atomic E-state index is 5.83. The quantitative estimate of drug-likeness (QED) is 0.443. The molecule has 2 aromatic carbocycles. The van der Waals surface area contributed by atoms with Gasteiger partial charge < -0.3 is 10.1 Å². The monoisotopic (exact) mass is 348 g/mol. The van der Waals surface area contributed by atoms with Crippen molar-refractivity contribution in [3.05, 3.63) is 66.4 Å². The summed E-state index contributed by atoms with van der Waals surface area (Å²) >= 11 is 0. The summed E-state index contributed by atoms with van der Waals surface area (Å²) in [6, 6.07) is 18.6. The van der Waals surface area contributed by atoms with E-state index in [1.54, 1.807) is 0 Å². The number of unbranched alkanes of at least 4 members (excludes halogenated alkanes) is 4. The zero-order valence-electron chi connectivity index (χ0n) is 15.6. The van der Waals surface area contributed by atoms with Gasteiger partial charge in [0.15, 0.2) is 0 Å². The predicted molar refractivity (Wildman–Crippen MR) is 110 cm³/mol. The van der Waals surface area contributed by atoms with Crippen molar-refractivity contribution in [3.63, 3.8) is 0 Å². The zero-order chi connectivity index (χ0) is 18.0. The van der Waals surface area contributed by atoms with Crippen LogP contribution >= 0.6 is 0 Å². The lowest BCUT2D eigenvalue weighted by atomic mass is 10.1. The number of pyridine rings is 1. The predicted octanol–water partition coefficient (Wildman–Crippen LogP) is 6.20. The van der Waals surface area contributed by atoms with Gasteiger partial charge in [-0.1, -0.05) is 62.9 Å². The SMILES string of the molecule is CCCCCCCOc1ccc(CNc2cccc3cccnc23)cc1. The van der Waals surface area contributed by atoms with Crippen molar-refractivity contribution in [1.29, 1.82) is 0 Å². The van der Waals surface area contributed by atoms with Crippen LogP contribution < -0.4 is 10.1 Å². The molecule has 136 valence electrons. The number of benzene rings is 2. The molecular weight excluding hydrogens is 320 g/mol. The first-order valence-electron chi connectivity index (χ1n) is 9.66. The van der Waals surface area contributed by atoms with Crippen molar-refractivity contribution in [3.8, 4) is 5.75 Å². The van der Waals surface area contributed by atoms with Gasteiger partial charge in [-0.15, -0.1) is 0 Å².